The second-order valence-corrected chi connectivity index (χ2v) is 7.64. The summed E-state index contributed by atoms with van der Waals surface area (Å²) in [6.07, 6.45) is 0. The van der Waals surface area contributed by atoms with Gasteiger partial charge >= 0.3 is 40.9 Å². The van der Waals surface area contributed by atoms with Crippen molar-refractivity contribution in [2.24, 2.45) is 0 Å². The topological polar surface area (TPSA) is 220 Å². The number of carbonyl (C=O) groups is 1. The predicted octanol–water partition coefficient (Wildman–Crippen LogP) is -2.02. The number of carboxylic acids is 1. The number of fused-ring (bicyclic) bond motifs is 1. The van der Waals surface area contributed by atoms with Crippen LogP contribution in [0.25, 0.3) is 10.8 Å². The van der Waals surface area contributed by atoms with Crippen LogP contribution in [0.1, 0.15) is 10.4 Å². The van der Waals surface area contributed by atoms with Crippen molar-refractivity contribution in [2.75, 3.05) is 21.7 Å². The normalized spacial score (nSPS) is 10.4. The van der Waals surface area contributed by atoms with Crippen LogP contribution in [0.15, 0.2) is 70.3 Å². The maximum absolute atomic E-state index is 11.6. The van der Waals surface area contributed by atoms with Crippen molar-refractivity contribution in [1.29, 1.82) is 0 Å². The van der Waals surface area contributed by atoms with E-state index >= 15 is 0 Å². The molecule has 0 radical (unpaired) electrons. The first-order valence-electron chi connectivity index (χ1n) is 10.7. The summed E-state index contributed by atoms with van der Waals surface area (Å²) in [7, 11) is 0. The smallest absolute Gasteiger partial charge is 0.545 e. The first kappa shape index (κ1) is 26.3. The fourth-order valence-corrected chi connectivity index (χ4v) is 3.61. The Hall–Kier alpha value is -4.79. The minimum atomic E-state index is -1.32. The van der Waals surface area contributed by atoms with E-state index in [2.05, 4.69) is 40.9 Å². The molecule has 14 nitrogen and oxygen atoms in total. The predicted molar refractivity (Wildman–Crippen MR) is 134 cm³/mol. The van der Waals surface area contributed by atoms with Gasteiger partial charge in [0.05, 0.1) is 17.3 Å². The van der Waals surface area contributed by atoms with E-state index in [1.807, 2.05) is 23.2 Å². The van der Waals surface area contributed by atoms with E-state index in [0.29, 0.717) is 22.4 Å². The van der Waals surface area contributed by atoms with Crippen LogP contribution < -0.4 is 67.7 Å². The van der Waals surface area contributed by atoms with Crippen LogP contribution >= 0.6 is 0 Å². The Balaban J connectivity index is 0.00000336. The molecule has 0 bridgehead atoms. The average Bonchev–Trinajstić information content (AvgIpc) is 2.83. The Bertz CT molecular complexity index is 1740. The minimum Gasteiger partial charge on any atom is -0.545 e. The Kier molecular flexibility index (Phi) is 7.66. The van der Waals surface area contributed by atoms with Gasteiger partial charge in [-0.1, -0.05) is 36.4 Å². The molecule has 2 heterocycles. The molecule has 15 heteroatoms. The van der Waals surface area contributed by atoms with Crippen LogP contribution in [0.4, 0.5) is 40.9 Å². The molecule has 5 aromatic rings. The molecule has 38 heavy (non-hydrogen) atoms. The van der Waals surface area contributed by atoms with Crippen molar-refractivity contribution in [3.8, 4) is 0 Å². The second-order valence-electron chi connectivity index (χ2n) is 7.64. The number of carbonyl (C=O) groups excluding carboxylic acids is 1. The fourth-order valence-electron chi connectivity index (χ4n) is 3.61. The molecule has 2 aromatic heterocycles. The van der Waals surface area contributed by atoms with Crippen LogP contribution in [-0.2, 0) is 0 Å². The van der Waals surface area contributed by atoms with E-state index in [1.165, 1.54) is 12.1 Å². The molecule has 7 N–H and O–H groups in total. The zero-order chi connectivity index (χ0) is 25.9. The molecular formula is C23H17N10NaO4. The number of nitrogen functional groups attached to an aromatic ring is 1. The van der Waals surface area contributed by atoms with Crippen LogP contribution in [0.5, 0.6) is 0 Å². The van der Waals surface area contributed by atoms with Gasteiger partial charge in [-0.2, -0.15) is 19.9 Å². The van der Waals surface area contributed by atoms with Gasteiger partial charge in [0.2, 0.25) is 23.8 Å². The number of hydrogen-bond donors (Lipinski definition) is 6. The Morgan fingerprint density at radius 1 is 0.816 bits per heavy atom. The van der Waals surface area contributed by atoms with Gasteiger partial charge in [0, 0.05) is 11.1 Å². The molecule has 0 saturated carbocycles. The summed E-state index contributed by atoms with van der Waals surface area (Å²) in [6.45, 7) is 0. The number of hydrogen-bond acceptors (Lipinski definition) is 12. The molecule has 0 aliphatic rings. The number of H-pyrrole nitrogens is 2. The zero-order valence-electron chi connectivity index (χ0n) is 19.8. The molecule has 0 saturated heterocycles. The summed E-state index contributed by atoms with van der Waals surface area (Å²) < 4.78 is 0. The van der Waals surface area contributed by atoms with Crippen molar-refractivity contribution in [3.63, 3.8) is 0 Å². The third-order valence-corrected chi connectivity index (χ3v) is 5.08. The summed E-state index contributed by atoms with van der Waals surface area (Å²) in [5.41, 5.74) is 5.89. The number of benzene rings is 3. The van der Waals surface area contributed by atoms with Crippen molar-refractivity contribution in [1.82, 2.24) is 29.9 Å². The molecule has 0 fully saturated rings. The molecule has 5 rings (SSSR count). The molecule has 0 amide bonds. The van der Waals surface area contributed by atoms with E-state index in [9.17, 15) is 19.5 Å². The van der Waals surface area contributed by atoms with Crippen LogP contribution in [0, 0.1) is 0 Å². The summed E-state index contributed by atoms with van der Waals surface area (Å²) in [6, 6.07) is 16.8. The number of rotatable bonds is 7. The standard InChI is InChI=1S/C23H18N10O4.Na/c24-18-28-19(25-13-7-1-6-12(10-13)17(34)35)30-20(29-18)26-14-8-2-4-11-5-3-9-15(16(11)14)27-21-31-22(36)33-23(37)32-21;/h1-10H,(H,34,35)(H4,24,25,26,28,29,30)(H3,27,31,32,33,36,37);/q;+1/p-1. The second kappa shape index (κ2) is 11.1. The summed E-state index contributed by atoms with van der Waals surface area (Å²) in [4.78, 5) is 55.1. The number of nitrogens with one attached hydrogen (secondary N) is 5. The van der Waals surface area contributed by atoms with E-state index in [4.69, 9.17) is 5.73 Å². The van der Waals surface area contributed by atoms with Gasteiger partial charge in [0.1, 0.15) is 0 Å². The van der Waals surface area contributed by atoms with E-state index in [0.717, 1.165) is 5.39 Å². The number of aromatic carboxylic acids is 1. The Morgan fingerprint density at radius 2 is 1.47 bits per heavy atom. The molecule has 0 aliphatic carbocycles. The van der Waals surface area contributed by atoms with Crippen LogP contribution in [0.2, 0.25) is 0 Å². The third kappa shape index (κ3) is 5.95. The number of carboxylic acid groups (broad SMARTS) is 1. The van der Waals surface area contributed by atoms with Crippen molar-refractivity contribution < 1.29 is 39.5 Å². The molecule has 0 unspecified atom stereocenters. The molecular weight excluding hydrogens is 503 g/mol. The molecule has 0 spiro atoms. The molecule has 184 valence electrons. The maximum Gasteiger partial charge on any atom is 1.00 e. The van der Waals surface area contributed by atoms with Gasteiger partial charge in [0.15, 0.2) is 0 Å². The number of aromatic nitrogens is 6. The Morgan fingerprint density at radius 3 is 2.16 bits per heavy atom. The minimum absolute atomic E-state index is 0. The third-order valence-electron chi connectivity index (χ3n) is 5.08. The quantitative estimate of drug-likeness (QED) is 0.128. The van der Waals surface area contributed by atoms with Gasteiger partial charge in [-0.05, 0) is 35.2 Å². The summed E-state index contributed by atoms with van der Waals surface area (Å²) >= 11 is 0. The zero-order valence-corrected chi connectivity index (χ0v) is 21.8. The maximum atomic E-state index is 11.6. The van der Waals surface area contributed by atoms with E-state index in [1.54, 1.807) is 30.3 Å². The first-order valence-corrected chi connectivity index (χ1v) is 10.7. The van der Waals surface area contributed by atoms with Gasteiger partial charge in [0.25, 0.3) is 0 Å². The van der Waals surface area contributed by atoms with Crippen molar-refractivity contribution >= 4 is 57.6 Å². The largest absolute Gasteiger partial charge is 1.00 e. The summed E-state index contributed by atoms with van der Waals surface area (Å²) in [5, 5.41) is 21.6. The average molecular weight is 520 g/mol. The monoisotopic (exact) mass is 520 g/mol. The number of nitrogens with two attached hydrogens (primary N) is 1. The number of anilines is 7. The van der Waals surface area contributed by atoms with Gasteiger partial charge in [-0.15, -0.1) is 0 Å². The summed E-state index contributed by atoms with van der Waals surface area (Å²) in [5.74, 6) is -1.25. The molecule has 0 atom stereocenters. The van der Waals surface area contributed by atoms with Gasteiger partial charge < -0.3 is 31.6 Å². The Labute approximate surface area is 235 Å². The fraction of sp³-hybridized carbons (Fsp3) is 0. The van der Waals surface area contributed by atoms with Gasteiger partial charge in [-0.3, -0.25) is 9.97 Å². The van der Waals surface area contributed by atoms with Crippen LogP contribution in [-0.4, -0.2) is 35.9 Å². The van der Waals surface area contributed by atoms with Crippen molar-refractivity contribution in [2.45, 2.75) is 0 Å². The number of aromatic amines is 2. The van der Waals surface area contributed by atoms with Crippen LogP contribution in [0.3, 0.4) is 0 Å². The SMILES string of the molecule is Nc1nc(Nc2cccc(C(=O)[O-])c2)nc(Nc2cccc3cccc(Nc4nc(=O)[nH]c(=O)[nH]4)c23)n1.[Na+]. The number of nitrogens with zero attached hydrogens (tertiary/aromatic N) is 4. The van der Waals surface area contributed by atoms with E-state index < -0.39 is 17.3 Å². The first-order chi connectivity index (χ1) is 17.8. The van der Waals surface area contributed by atoms with Gasteiger partial charge in [-0.25, -0.2) is 9.59 Å². The molecule has 3 aromatic carbocycles. The van der Waals surface area contributed by atoms with Crippen molar-refractivity contribution in [3.05, 3.63) is 87.2 Å². The van der Waals surface area contributed by atoms with E-state index in [-0.39, 0.29) is 58.9 Å². The molecule has 0 aliphatic heterocycles.